The predicted molar refractivity (Wildman–Crippen MR) is 108 cm³/mol. The van der Waals surface area contributed by atoms with Gasteiger partial charge in [-0.25, -0.2) is 4.39 Å². The lowest BCUT2D eigenvalue weighted by molar-refractivity contribution is -0.195. The smallest absolute Gasteiger partial charge is 0.432 e. The molecule has 1 aliphatic rings. The van der Waals surface area contributed by atoms with Crippen LogP contribution in [0.1, 0.15) is 62.5 Å². The fourth-order valence-electron chi connectivity index (χ4n) is 4.10. The van der Waals surface area contributed by atoms with Crippen molar-refractivity contribution in [3.63, 3.8) is 0 Å². The van der Waals surface area contributed by atoms with Gasteiger partial charge in [0.15, 0.2) is 18.2 Å². The van der Waals surface area contributed by atoms with Gasteiger partial charge in [-0.2, -0.15) is 13.2 Å². The fraction of sp³-hybridized carbons (Fsp3) is 0.500. The van der Waals surface area contributed by atoms with Crippen LogP contribution in [-0.4, -0.2) is 12.7 Å². The molecule has 3 rings (SSSR count). The molecule has 0 N–H and O–H groups in total. The molecule has 0 unspecified atom stereocenters. The van der Waals surface area contributed by atoms with Gasteiger partial charge >= 0.3 is 6.11 Å². The van der Waals surface area contributed by atoms with E-state index in [1.54, 1.807) is 0 Å². The molecule has 2 aromatic carbocycles. The summed E-state index contributed by atoms with van der Waals surface area (Å²) in [6.07, 6.45) is 3.46. The molecule has 0 spiro atoms. The van der Waals surface area contributed by atoms with Crippen LogP contribution in [0.2, 0.25) is 0 Å². The Morgan fingerprint density at radius 1 is 0.933 bits per heavy atom. The number of aryl methyl sites for hydroxylation is 1. The monoisotopic (exact) mass is 424 g/mol. The van der Waals surface area contributed by atoms with E-state index in [0.29, 0.717) is 5.92 Å². The van der Waals surface area contributed by atoms with Crippen LogP contribution in [0.15, 0.2) is 36.4 Å². The highest BCUT2D eigenvalue weighted by Crippen LogP contribution is 2.38. The van der Waals surface area contributed by atoms with Gasteiger partial charge in [0, 0.05) is 0 Å². The zero-order valence-electron chi connectivity index (χ0n) is 17.4. The summed E-state index contributed by atoms with van der Waals surface area (Å²) in [6.45, 7) is 2.36. The molecular formula is C24H28F4O2. The molecule has 0 saturated heterocycles. The number of hydrogen-bond acceptors (Lipinski definition) is 2. The van der Waals surface area contributed by atoms with Gasteiger partial charge in [0.25, 0.3) is 0 Å². The van der Waals surface area contributed by atoms with Crippen LogP contribution in [0.25, 0.3) is 0 Å². The topological polar surface area (TPSA) is 18.5 Å². The van der Waals surface area contributed by atoms with Gasteiger partial charge in [-0.1, -0.05) is 38.0 Å². The molecular weight excluding hydrogens is 396 g/mol. The molecule has 0 atom stereocenters. The summed E-state index contributed by atoms with van der Waals surface area (Å²) >= 11 is 0. The highest BCUT2D eigenvalue weighted by molar-refractivity contribution is 5.31. The van der Waals surface area contributed by atoms with Crippen LogP contribution >= 0.6 is 0 Å². The van der Waals surface area contributed by atoms with Crippen LogP contribution < -0.4 is 9.47 Å². The van der Waals surface area contributed by atoms with E-state index in [1.807, 2.05) is 12.1 Å². The van der Waals surface area contributed by atoms with Gasteiger partial charge in [0.2, 0.25) is 5.82 Å². The summed E-state index contributed by atoms with van der Waals surface area (Å²) in [4.78, 5) is 0. The summed E-state index contributed by atoms with van der Waals surface area (Å²) in [6, 6.07) is 9.08. The second-order valence-corrected chi connectivity index (χ2v) is 8.11. The number of hydrogen-bond donors (Lipinski definition) is 0. The third kappa shape index (κ3) is 5.67. The molecule has 2 nitrogen and oxygen atoms in total. The Morgan fingerprint density at radius 3 is 2.23 bits per heavy atom. The Hall–Kier alpha value is -2.24. The molecule has 164 valence electrons. The summed E-state index contributed by atoms with van der Waals surface area (Å²) in [5.74, 6) is -1.72. The zero-order valence-corrected chi connectivity index (χ0v) is 17.4. The second kappa shape index (κ2) is 9.71. The minimum absolute atomic E-state index is 0.00239. The second-order valence-electron chi connectivity index (χ2n) is 8.11. The summed E-state index contributed by atoms with van der Waals surface area (Å²) in [7, 11) is 0. The lowest BCUT2D eigenvalue weighted by Crippen LogP contribution is -2.32. The van der Waals surface area contributed by atoms with E-state index in [0.717, 1.165) is 30.4 Å². The van der Waals surface area contributed by atoms with Gasteiger partial charge in [-0.3, -0.25) is 0 Å². The van der Waals surface area contributed by atoms with Crippen molar-refractivity contribution < 1.29 is 27.0 Å². The first kappa shape index (κ1) is 22.4. The van der Waals surface area contributed by atoms with Crippen LogP contribution in [0.3, 0.4) is 0 Å². The van der Waals surface area contributed by atoms with Crippen molar-refractivity contribution >= 4 is 0 Å². The highest BCUT2D eigenvalue weighted by Gasteiger charge is 2.34. The van der Waals surface area contributed by atoms with Crippen molar-refractivity contribution in [2.75, 3.05) is 6.61 Å². The third-order valence-electron chi connectivity index (χ3n) is 5.80. The first-order chi connectivity index (χ1) is 14.3. The van der Waals surface area contributed by atoms with E-state index in [4.69, 9.17) is 9.47 Å². The Labute approximate surface area is 175 Å². The van der Waals surface area contributed by atoms with Crippen molar-refractivity contribution in [2.24, 2.45) is 5.92 Å². The average molecular weight is 424 g/mol. The minimum atomic E-state index is -3.69. The molecule has 0 aliphatic heterocycles. The molecule has 2 aromatic rings. The Balaban J connectivity index is 1.55. The number of ether oxygens (including phenoxy) is 2. The minimum Gasteiger partial charge on any atom is -0.480 e. The summed E-state index contributed by atoms with van der Waals surface area (Å²) in [5, 5.41) is 0. The van der Waals surface area contributed by atoms with E-state index in [-0.39, 0.29) is 11.3 Å². The zero-order chi connectivity index (χ0) is 21.7. The largest absolute Gasteiger partial charge is 0.480 e. The molecule has 1 fully saturated rings. The van der Waals surface area contributed by atoms with Gasteiger partial charge in [0.1, 0.15) is 5.75 Å². The number of benzene rings is 2. The average Bonchev–Trinajstić information content (AvgIpc) is 2.73. The molecule has 0 radical (unpaired) electrons. The maximum atomic E-state index is 14.1. The Bertz CT molecular complexity index is 828. The van der Waals surface area contributed by atoms with Crippen molar-refractivity contribution in [3.8, 4) is 11.5 Å². The summed E-state index contributed by atoms with van der Waals surface area (Å²) in [5.41, 5.74) is 1.20. The molecule has 1 aliphatic carbocycles. The van der Waals surface area contributed by atoms with Crippen molar-refractivity contribution in [1.29, 1.82) is 0 Å². The molecule has 0 heterocycles. The Kier molecular flexibility index (Phi) is 7.27. The van der Waals surface area contributed by atoms with Crippen molar-refractivity contribution in [1.82, 2.24) is 0 Å². The van der Waals surface area contributed by atoms with Crippen LogP contribution in [0, 0.1) is 24.5 Å². The highest BCUT2D eigenvalue weighted by atomic mass is 19.3. The van der Waals surface area contributed by atoms with Crippen molar-refractivity contribution in [2.45, 2.75) is 64.4 Å². The van der Waals surface area contributed by atoms with Gasteiger partial charge in [-0.05, 0) is 73.8 Å². The predicted octanol–water partition coefficient (Wildman–Crippen LogP) is 7.40. The molecule has 0 bridgehead atoms. The van der Waals surface area contributed by atoms with E-state index < -0.39 is 30.1 Å². The number of rotatable bonds is 8. The maximum absolute atomic E-state index is 14.1. The molecule has 0 aromatic heterocycles. The quantitative estimate of drug-likeness (QED) is 0.411. The first-order valence-corrected chi connectivity index (χ1v) is 10.5. The van der Waals surface area contributed by atoms with E-state index in [9.17, 15) is 17.6 Å². The lowest BCUT2D eigenvalue weighted by atomic mass is 9.77. The first-order valence-electron chi connectivity index (χ1n) is 10.5. The van der Waals surface area contributed by atoms with E-state index in [2.05, 4.69) is 6.92 Å². The standard InChI is InChI=1S/C24H28F4O2/c1-3-4-17-6-8-18(9-7-17)19-10-12-20(13-11-19)30-24(27,28)15-29-21-14-5-16(2)22(25)23(21)26/h5,10-14,17-18H,3-4,6-9,15H2,1-2H3. The van der Waals surface area contributed by atoms with Crippen LogP contribution in [0.5, 0.6) is 11.5 Å². The SMILES string of the molecule is CCCC1CCC(c2ccc(OC(F)(F)COc3ccc(C)c(F)c3F)cc2)CC1. The van der Waals surface area contributed by atoms with Crippen LogP contribution in [-0.2, 0) is 0 Å². The summed E-state index contributed by atoms with van der Waals surface area (Å²) < 4.78 is 65.0. The lowest BCUT2D eigenvalue weighted by Gasteiger charge is -2.28. The van der Waals surface area contributed by atoms with E-state index >= 15 is 0 Å². The molecule has 1 saturated carbocycles. The number of alkyl halides is 2. The number of halogens is 4. The Morgan fingerprint density at radius 2 is 1.60 bits per heavy atom. The van der Waals surface area contributed by atoms with Gasteiger partial charge < -0.3 is 9.47 Å². The third-order valence-corrected chi connectivity index (χ3v) is 5.80. The van der Waals surface area contributed by atoms with Crippen molar-refractivity contribution in [3.05, 3.63) is 59.2 Å². The maximum Gasteiger partial charge on any atom is 0.432 e. The molecule has 0 amide bonds. The molecule has 30 heavy (non-hydrogen) atoms. The van der Waals surface area contributed by atoms with Gasteiger partial charge in [-0.15, -0.1) is 0 Å². The normalized spacial score (nSPS) is 19.5. The molecule has 6 heteroatoms. The van der Waals surface area contributed by atoms with E-state index in [1.165, 1.54) is 50.8 Å². The fourth-order valence-corrected chi connectivity index (χ4v) is 4.10. The van der Waals surface area contributed by atoms with Crippen LogP contribution in [0.4, 0.5) is 17.6 Å². The van der Waals surface area contributed by atoms with Gasteiger partial charge in [0.05, 0.1) is 0 Å².